The number of halogens is 1. The Balaban J connectivity index is 2.25. The van der Waals surface area contributed by atoms with Gasteiger partial charge in [-0.1, -0.05) is 0 Å². The lowest BCUT2D eigenvalue weighted by Gasteiger charge is -2.03. The van der Waals surface area contributed by atoms with Crippen molar-refractivity contribution in [1.29, 1.82) is 5.26 Å². The molecule has 116 valence electrons. The number of carbonyl (C=O) groups is 1. The number of aromatic nitrogens is 2. The molecule has 2 aromatic rings. The van der Waals surface area contributed by atoms with Gasteiger partial charge in [-0.05, 0) is 29.2 Å². The third kappa shape index (κ3) is 3.56. The van der Waals surface area contributed by atoms with Crippen molar-refractivity contribution in [2.45, 2.75) is 0 Å². The first-order valence-electron chi connectivity index (χ1n) is 6.27. The van der Waals surface area contributed by atoms with Crippen LogP contribution in [0.2, 0.25) is 0 Å². The molecule has 0 saturated heterocycles. The van der Waals surface area contributed by atoms with Crippen molar-refractivity contribution in [1.82, 2.24) is 9.55 Å². The molecule has 0 bridgehead atoms. The third-order valence-electron chi connectivity index (χ3n) is 2.93. The van der Waals surface area contributed by atoms with E-state index in [9.17, 15) is 19.3 Å². The van der Waals surface area contributed by atoms with E-state index in [-0.39, 0.29) is 17.2 Å². The highest BCUT2D eigenvalue weighted by atomic mass is 19.1. The highest BCUT2D eigenvalue weighted by molar-refractivity contribution is 6.09. The fourth-order valence-electron chi connectivity index (χ4n) is 1.73. The van der Waals surface area contributed by atoms with Crippen LogP contribution in [0, 0.1) is 27.3 Å². The minimum atomic E-state index is -0.732. The Morgan fingerprint density at radius 1 is 1.48 bits per heavy atom. The van der Waals surface area contributed by atoms with Crippen molar-refractivity contribution >= 4 is 23.5 Å². The van der Waals surface area contributed by atoms with E-state index >= 15 is 0 Å². The van der Waals surface area contributed by atoms with Crippen molar-refractivity contribution in [2.75, 3.05) is 5.32 Å². The summed E-state index contributed by atoms with van der Waals surface area (Å²) in [4.78, 5) is 25.9. The van der Waals surface area contributed by atoms with E-state index in [0.29, 0.717) is 5.69 Å². The maximum atomic E-state index is 12.8. The van der Waals surface area contributed by atoms with Crippen LogP contribution in [0.15, 0.2) is 36.0 Å². The zero-order chi connectivity index (χ0) is 17.0. The van der Waals surface area contributed by atoms with Crippen molar-refractivity contribution in [2.24, 2.45) is 7.05 Å². The first-order chi connectivity index (χ1) is 10.9. The number of amides is 1. The highest BCUT2D eigenvalue weighted by Gasteiger charge is 2.17. The van der Waals surface area contributed by atoms with Gasteiger partial charge in [-0.15, -0.1) is 0 Å². The number of hydrogen-bond donors (Lipinski definition) is 1. The Hall–Kier alpha value is -3.54. The monoisotopic (exact) mass is 315 g/mol. The van der Waals surface area contributed by atoms with Gasteiger partial charge in [-0.2, -0.15) is 5.26 Å². The number of nitrogens with one attached hydrogen (secondary N) is 1. The summed E-state index contributed by atoms with van der Waals surface area (Å²) in [5.74, 6) is -1.38. The molecule has 1 amide bonds. The predicted octanol–water partition coefficient (Wildman–Crippen LogP) is 2.01. The summed E-state index contributed by atoms with van der Waals surface area (Å²) in [6, 6.07) is 6.70. The summed E-state index contributed by atoms with van der Waals surface area (Å²) < 4.78 is 13.9. The largest absolute Gasteiger partial charge is 0.358 e. The van der Waals surface area contributed by atoms with Crippen LogP contribution in [-0.4, -0.2) is 20.4 Å². The van der Waals surface area contributed by atoms with Crippen LogP contribution < -0.4 is 5.32 Å². The van der Waals surface area contributed by atoms with Gasteiger partial charge in [0.05, 0.1) is 7.05 Å². The van der Waals surface area contributed by atoms with E-state index in [1.54, 1.807) is 6.07 Å². The molecular weight excluding hydrogens is 305 g/mol. The van der Waals surface area contributed by atoms with Gasteiger partial charge >= 0.3 is 5.82 Å². The van der Waals surface area contributed by atoms with Crippen LogP contribution in [0.5, 0.6) is 0 Å². The van der Waals surface area contributed by atoms with Crippen LogP contribution in [0.1, 0.15) is 5.82 Å². The summed E-state index contributed by atoms with van der Waals surface area (Å²) in [6.07, 6.45) is 2.16. The molecule has 1 N–H and O–H groups in total. The molecule has 0 aliphatic heterocycles. The van der Waals surface area contributed by atoms with E-state index in [4.69, 9.17) is 5.26 Å². The number of nitriles is 1. The fraction of sp³-hybridized carbons (Fsp3) is 0.0714. The second kappa shape index (κ2) is 6.48. The number of imidazole rings is 1. The van der Waals surface area contributed by atoms with Gasteiger partial charge < -0.3 is 15.4 Å². The summed E-state index contributed by atoms with van der Waals surface area (Å²) in [6.45, 7) is 0. The van der Waals surface area contributed by atoms with Crippen LogP contribution in [0.4, 0.5) is 15.9 Å². The second-order valence-electron chi connectivity index (χ2n) is 4.42. The molecule has 0 atom stereocenters. The average Bonchev–Trinajstić information content (AvgIpc) is 2.88. The first-order valence-corrected chi connectivity index (χ1v) is 6.27. The molecule has 0 saturated carbocycles. The van der Waals surface area contributed by atoms with E-state index in [1.807, 2.05) is 0 Å². The van der Waals surface area contributed by atoms with E-state index in [2.05, 4.69) is 10.3 Å². The number of nitrogens with zero attached hydrogens (tertiary/aromatic N) is 4. The molecule has 23 heavy (non-hydrogen) atoms. The van der Waals surface area contributed by atoms with Crippen LogP contribution in [0.25, 0.3) is 6.08 Å². The van der Waals surface area contributed by atoms with Gasteiger partial charge in [-0.3, -0.25) is 4.79 Å². The molecule has 1 aromatic heterocycles. The number of nitro groups is 1. The average molecular weight is 315 g/mol. The lowest BCUT2D eigenvalue weighted by molar-refractivity contribution is -0.391. The SMILES string of the molecule is Cn1c([N+](=O)[O-])cnc1C=C(C#N)C(=O)Nc1ccc(F)cc1. The molecule has 0 fully saturated rings. The minimum absolute atomic E-state index is 0.0857. The molecule has 0 aliphatic carbocycles. The van der Waals surface area contributed by atoms with E-state index < -0.39 is 16.6 Å². The predicted molar refractivity (Wildman–Crippen MR) is 78.5 cm³/mol. The van der Waals surface area contributed by atoms with Gasteiger partial charge in [0.25, 0.3) is 5.91 Å². The molecule has 9 heteroatoms. The smallest absolute Gasteiger partial charge is 0.342 e. The Morgan fingerprint density at radius 3 is 2.65 bits per heavy atom. The van der Waals surface area contributed by atoms with Crippen molar-refractivity contribution in [3.05, 3.63) is 57.8 Å². The van der Waals surface area contributed by atoms with E-state index in [0.717, 1.165) is 29.0 Å². The minimum Gasteiger partial charge on any atom is -0.358 e. The number of carbonyl (C=O) groups excluding carboxylic acids is 1. The summed E-state index contributed by atoms with van der Waals surface area (Å²) in [7, 11) is 1.39. The standard InChI is InChI=1S/C14H10FN5O3/c1-19-12(17-8-13(19)20(22)23)6-9(7-16)14(21)18-11-4-2-10(15)3-5-11/h2-6,8H,1H3,(H,18,21). The van der Waals surface area contributed by atoms with Gasteiger partial charge in [-0.25, -0.2) is 13.9 Å². The molecule has 2 rings (SSSR count). The number of hydrogen-bond acceptors (Lipinski definition) is 5. The highest BCUT2D eigenvalue weighted by Crippen LogP contribution is 2.15. The molecule has 0 spiro atoms. The maximum Gasteiger partial charge on any atom is 0.342 e. The van der Waals surface area contributed by atoms with Crippen molar-refractivity contribution in [3.63, 3.8) is 0 Å². The Bertz CT molecular complexity index is 833. The molecule has 1 heterocycles. The fourth-order valence-corrected chi connectivity index (χ4v) is 1.73. The molecule has 8 nitrogen and oxygen atoms in total. The number of anilines is 1. The Kier molecular flexibility index (Phi) is 4.47. The Morgan fingerprint density at radius 2 is 2.13 bits per heavy atom. The normalized spacial score (nSPS) is 10.9. The summed E-state index contributed by atoms with van der Waals surface area (Å²) >= 11 is 0. The number of benzene rings is 1. The van der Waals surface area contributed by atoms with Gasteiger partial charge in [0, 0.05) is 11.8 Å². The molecule has 0 unspecified atom stereocenters. The van der Waals surface area contributed by atoms with Gasteiger partial charge in [0.2, 0.25) is 5.82 Å². The molecule has 0 radical (unpaired) electrons. The summed E-state index contributed by atoms with van der Waals surface area (Å²) in [5.41, 5.74) is 0.0151. The molecule has 1 aromatic carbocycles. The van der Waals surface area contributed by atoms with Crippen molar-refractivity contribution < 1.29 is 14.1 Å². The van der Waals surface area contributed by atoms with Crippen LogP contribution >= 0.6 is 0 Å². The molecule has 0 aliphatic rings. The lowest BCUT2D eigenvalue weighted by Crippen LogP contribution is -2.13. The number of rotatable bonds is 4. The quantitative estimate of drug-likeness (QED) is 0.401. The lowest BCUT2D eigenvalue weighted by atomic mass is 10.2. The Labute approximate surface area is 129 Å². The van der Waals surface area contributed by atoms with Gasteiger partial charge in [0.1, 0.15) is 23.7 Å². The van der Waals surface area contributed by atoms with E-state index in [1.165, 1.54) is 19.2 Å². The van der Waals surface area contributed by atoms with Crippen LogP contribution in [0.3, 0.4) is 0 Å². The first kappa shape index (κ1) is 15.8. The summed E-state index contributed by atoms with van der Waals surface area (Å²) in [5, 5.41) is 22.2. The second-order valence-corrected chi connectivity index (χ2v) is 4.42. The maximum absolute atomic E-state index is 12.8. The zero-order valence-electron chi connectivity index (χ0n) is 11.9. The van der Waals surface area contributed by atoms with Gasteiger partial charge in [0.15, 0.2) is 0 Å². The zero-order valence-corrected chi connectivity index (χ0v) is 11.9. The topological polar surface area (TPSA) is 114 Å². The van der Waals surface area contributed by atoms with Crippen molar-refractivity contribution in [3.8, 4) is 6.07 Å². The third-order valence-corrected chi connectivity index (χ3v) is 2.93. The molecular formula is C14H10FN5O3. The van der Waals surface area contributed by atoms with Crippen LogP contribution in [-0.2, 0) is 11.8 Å².